The highest BCUT2D eigenvalue weighted by Crippen LogP contribution is 2.37. The van der Waals surface area contributed by atoms with E-state index in [0.29, 0.717) is 25.3 Å². The second kappa shape index (κ2) is 11.0. The second-order valence-electron chi connectivity index (χ2n) is 11.2. The highest BCUT2D eigenvalue weighted by atomic mass is 28.4. The fourth-order valence-corrected chi connectivity index (χ4v) is 4.47. The van der Waals surface area contributed by atoms with E-state index in [9.17, 15) is 4.79 Å². The van der Waals surface area contributed by atoms with Gasteiger partial charge in [-0.15, -0.1) is 0 Å². The van der Waals surface area contributed by atoms with Crippen LogP contribution in [-0.4, -0.2) is 64.4 Å². The Balaban J connectivity index is 2.28. The van der Waals surface area contributed by atoms with Gasteiger partial charge in [-0.25, -0.2) is 4.79 Å². The van der Waals surface area contributed by atoms with Crippen LogP contribution >= 0.6 is 0 Å². The lowest BCUT2D eigenvalue weighted by molar-refractivity contribution is 0.0100. The summed E-state index contributed by atoms with van der Waals surface area (Å²) in [7, 11) is 1.21. The van der Waals surface area contributed by atoms with Gasteiger partial charge >= 0.3 is 6.09 Å². The summed E-state index contributed by atoms with van der Waals surface area (Å²) in [6.07, 6.45) is 3.56. The molecular formula is C26H43NO6Si. The van der Waals surface area contributed by atoms with Crippen molar-refractivity contribution in [3.63, 3.8) is 0 Å². The first kappa shape index (κ1) is 28.0. The molecule has 2 rings (SSSR count). The van der Waals surface area contributed by atoms with Gasteiger partial charge in [-0.1, -0.05) is 20.8 Å². The van der Waals surface area contributed by atoms with E-state index < -0.39 is 13.9 Å². The van der Waals surface area contributed by atoms with Crippen LogP contribution in [0, 0.1) is 0 Å². The molecule has 2 atom stereocenters. The molecule has 0 aromatic heterocycles. The number of nitrogens with zero attached hydrogens (tertiary/aromatic N) is 1. The van der Waals surface area contributed by atoms with E-state index in [4.69, 9.17) is 23.4 Å². The van der Waals surface area contributed by atoms with Crippen LogP contribution in [0.25, 0.3) is 6.08 Å². The van der Waals surface area contributed by atoms with Gasteiger partial charge in [0.05, 0.1) is 33.1 Å². The van der Waals surface area contributed by atoms with Crippen molar-refractivity contribution in [2.45, 2.75) is 83.8 Å². The van der Waals surface area contributed by atoms with Gasteiger partial charge in [-0.3, -0.25) is 4.90 Å². The zero-order valence-electron chi connectivity index (χ0n) is 22.6. The van der Waals surface area contributed by atoms with Crippen LogP contribution in [0.4, 0.5) is 4.79 Å². The van der Waals surface area contributed by atoms with Crippen LogP contribution in [0.3, 0.4) is 0 Å². The molecule has 1 aliphatic rings. The van der Waals surface area contributed by atoms with Gasteiger partial charge in [-0.05, 0) is 63.2 Å². The number of hydrogen-bond acceptors (Lipinski definition) is 6. The number of ether oxygens (including phenoxy) is 4. The molecule has 1 fully saturated rings. The molecule has 0 saturated carbocycles. The van der Waals surface area contributed by atoms with Gasteiger partial charge in [0.15, 0.2) is 8.32 Å². The number of carbonyl (C=O) groups is 1. The first-order chi connectivity index (χ1) is 15.7. The zero-order valence-corrected chi connectivity index (χ0v) is 23.6. The third-order valence-corrected chi connectivity index (χ3v) is 10.9. The molecule has 1 aliphatic heterocycles. The van der Waals surface area contributed by atoms with Crippen molar-refractivity contribution < 1.29 is 28.2 Å². The Kier molecular flexibility index (Phi) is 9.10. The zero-order chi connectivity index (χ0) is 25.7. The predicted octanol–water partition coefficient (Wildman–Crippen LogP) is 6.09. The molecule has 1 aromatic rings. The maximum Gasteiger partial charge on any atom is 0.410 e. The lowest BCUT2D eigenvalue weighted by atomic mass is 10.1. The van der Waals surface area contributed by atoms with Crippen molar-refractivity contribution in [2.75, 3.05) is 27.4 Å². The number of likely N-dealkylation sites (tertiary alicyclic amines) is 1. The Labute approximate surface area is 206 Å². The van der Waals surface area contributed by atoms with Gasteiger partial charge in [0.25, 0.3) is 0 Å². The van der Waals surface area contributed by atoms with E-state index in [2.05, 4.69) is 33.9 Å². The minimum atomic E-state index is -2.02. The molecule has 34 heavy (non-hydrogen) atoms. The molecule has 0 spiro atoms. The molecule has 0 radical (unpaired) electrons. The average molecular weight is 494 g/mol. The van der Waals surface area contributed by atoms with Crippen molar-refractivity contribution in [3.05, 3.63) is 30.0 Å². The molecule has 0 bridgehead atoms. The number of benzene rings is 1. The third kappa shape index (κ3) is 7.40. The molecule has 8 heteroatoms. The molecule has 1 heterocycles. The van der Waals surface area contributed by atoms with Crippen LogP contribution in [0.2, 0.25) is 18.1 Å². The summed E-state index contributed by atoms with van der Waals surface area (Å²) in [5, 5.41) is 0.0667. The van der Waals surface area contributed by atoms with E-state index in [1.807, 2.05) is 45.0 Å². The Morgan fingerprint density at radius 3 is 2.38 bits per heavy atom. The topological polar surface area (TPSA) is 66.5 Å². The van der Waals surface area contributed by atoms with E-state index in [1.54, 1.807) is 25.4 Å². The third-order valence-electron chi connectivity index (χ3n) is 6.41. The molecule has 192 valence electrons. The predicted molar refractivity (Wildman–Crippen MR) is 138 cm³/mol. The Morgan fingerprint density at radius 1 is 1.15 bits per heavy atom. The lowest BCUT2D eigenvalue weighted by Crippen LogP contribution is -2.50. The van der Waals surface area contributed by atoms with Crippen molar-refractivity contribution in [1.82, 2.24) is 4.90 Å². The van der Waals surface area contributed by atoms with E-state index in [0.717, 1.165) is 11.3 Å². The largest absolute Gasteiger partial charge is 0.504 e. The van der Waals surface area contributed by atoms with Crippen LogP contribution in [-0.2, 0) is 13.9 Å². The van der Waals surface area contributed by atoms with Crippen LogP contribution < -0.4 is 9.47 Å². The van der Waals surface area contributed by atoms with Gasteiger partial charge in [0, 0.05) is 18.5 Å². The lowest BCUT2D eigenvalue weighted by Gasteiger charge is -2.38. The summed E-state index contributed by atoms with van der Waals surface area (Å²) >= 11 is 0. The molecule has 0 unspecified atom stereocenters. The van der Waals surface area contributed by atoms with E-state index in [-0.39, 0.29) is 23.3 Å². The standard InChI is InChI=1S/C26H43NO6Si/c1-25(2,3)33-24(28)27-15-13-23(21(27)18-31-34(9,10)26(4,5)6)32-20-11-12-22(30-8)19(17-20)14-16-29-7/h11-12,14,16-17,21,23H,13,15,18H2,1-10H3/b16-14+/t21-,23+/m1/s1. The van der Waals surface area contributed by atoms with Crippen LogP contribution in [0.1, 0.15) is 53.5 Å². The Morgan fingerprint density at radius 2 is 1.82 bits per heavy atom. The first-order valence-electron chi connectivity index (χ1n) is 11.9. The first-order valence-corrected chi connectivity index (χ1v) is 14.8. The number of rotatable bonds is 8. The smallest absolute Gasteiger partial charge is 0.410 e. The molecule has 0 aliphatic carbocycles. The quantitative estimate of drug-likeness (QED) is 0.322. The van der Waals surface area contributed by atoms with Crippen molar-refractivity contribution >= 4 is 20.5 Å². The number of hydrogen-bond donors (Lipinski definition) is 0. The number of carbonyl (C=O) groups excluding carboxylic acids is 1. The fourth-order valence-electron chi connectivity index (χ4n) is 3.45. The SMILES string of the molecule is CO/C=C/c1cc(O[C@H]2CCN(C(=O)OC(C)(C)C)[C@@H]2CO[Si](C)(C)C(C)(C)C)ccc1OC. The molecule has 7 nitrogen and oxygen atoms in total. The summed E-state index contributed by atoms with van der Waals surface area (Å²) in [5.74, 6) is 1.42. The molecule has 1 saturated heterocycles. The van der Waals surface area contributed by atoms with Gasteiger partial charge in [-0.2, -0.15) is 0 Å². The monoisotopic (exact) mass is 493 g/mol. The van der Waals surface area contributed by atoms with Gasteiger partial charge < -0.3 is 23.4 Å². The van der Waals surface area contributed by atoms with Gasteiger partial charge in [0.2, 0.25) is 0 Å². The summed E-state index contributed by atoms with van der Waals surface area (Å²) < 4.78 is 29.2. The summed E-state index contributed by atoms with van der Waals surface area (Å²) in [4.78, 5) is 14.8. The highest BCUT2D eigenvalue weighted by molar-refractivity contribution is 6.74. The van der Waals surface area contributed by atoms with Crippen molar-refractivity contribution in [1.29, 1.82) is 0 Å². The molecule has 1 amide bonds. The summed E-state index contributed by atoms with van der Waals surface area (Å²) in [6, 6.07) is 5.41. The minimum Gasteiger partial charge on any atom is -0.504 e. The normalized spacial score (nSPS) is 19.4. The fraction of sp³-hybridized carbons (Fsp3) is 0.654. The maximum absolute atomic E-state index is 13.0. The Bertz CT molecular complexity index is 856. The maximum atomic E-state index is 13.0. The Hall–Kier alpha value is -2.19. The molecule has 1 aromatic carbocycles. The van der Waals surface area contributed by atoms with E-state index >= 15 is 0 Å². The summed E-state index contributed by atoms with van der Waals surface area (Å²) in [5.41, 5.74) is 0.275. The minimum absolute atomic E-state index is 0.0667. The van der Waals surface area contributed by atoms with Crippen molar-refractivity contribution in [3.8, 4) is 11.5 Å². The molecular weight excluding hydrogens is 450 g/mol. The second-order valence-corrected chi connectivity index (χ2v) is 16.0. The highest BCUT2D eigenvalue weighted by Gasteiger charge is 2.44. The van der Waals surface area contributed by atoms with Crippen LogP contribution in [0.5, 0.6) is 11.5 Å². The summed E-state index contributed by atoms with van der Waals surface area (Å²) in [6.45, 7) is 17.7. The number of amides is 1. The molecule has 0 N–H and O–H groups in total. The average Bonchev–Trinajstić information content (AvgIpc) is 3.11. The number of methoxy groups -OCH3 is 2. The van der Waals surface area contributed by atoms with Crippen molar-refractivity contribution in [2.24, 2.45) is 0 Å². The van der Waals surface area contributed by atoms with Crippen LogP contribution in [0.15, 0.2) is 24.5 Å². The van der Waals surface area contributed by atoms with Gasteiger partial charge in [0.1, 0.15) is 23.2 Å². The van der Waals surface area contributed by atoms with E-state index in [1.165, 1.54) is 0 Å².